The fraction of sp³-hybridized carbons (Fsp3) is 0.667. The molecule has 0 unspecified atom stereocenters. The number of hydrogen-bond acceptors (Lipinski definition) is 4. The van der Waals surface area contributed by atoms with Crippen molar-refractivity contribution in [1.29, 1.82) is 0 Å². The lowest BCUT2D eigenvalue weighted by Crippen LogP contribution is -2.11. The van der Waals surface area contributed by atoms with E-state index in [4.69, 9.17) is 10.2 Å². The summed E-state index contributed by atoms with van der Waals surface area (Å²) in [6.07, 6.45) is -0.266. The Hall–Kier alpha value is -1.79. The van der Waals surface area contributed by atoms with Crippen LogP contribution in [0.4, 0.5) is 4.79 Å². The SMILES string of the molecule is CCC(=O)O.CCC(=O)O.CCOC(N)=O. The monoisotopic (exact) mass is 237 g/mol. The number of amides is 1. The van der Waals surface area contributed by atoms with Crippen molar-refractivity contribution < 1.29 is 29.3 Å². The van der Waals surface area contributed by atoms with Crippen LogP contribution in [0.25, 0.3) is 0 Å². The summed E-state index contributed by atoms with van der Waals surface area (Å²) < 4.78 is 4.18. The zero-order valence-electron chi connectivity index (χ0n) is 9.73. The first-order valence-corrected chi connectivity index (χ1v) is 4.67. The van der Waals surface area contributed by atoms with Gasteiger partial charge >= 0.3 is 18.0 Å². The Labute approximate surface area is 94.2 Å². The highest BCUT2D eigenvalue weighted by atomic mass is 16.5. The second kappa shape index (κ2) is 15.7. The van der Waals surface area contributed by atoms with Crippen LogP contribution in [-0.4, -0.2) is 34.9 Å². The first-order valence-electron chi connectivity index (χ1n) is 4.67. The predicted molar refractivity (Wildman–Crippen MR) is 57.1 cm³/mol. The molecule has 0 radical (unpaired) electrons. The van der Waals surface area contributed by atoms with Gasteiger partial charge in [-0.3, -0.25) is 9.59 Å². The molecule has 7 heteroatoms. The number of ether oxygens (including phenoxy) is 1. The molecule has 0 aromatic heterocycles. The second-order valence-corrected chi connectivity index (χ2v) is 2.25. The fourth-order valence-corrected chi connectivity index (χ4v) is 0.142. The third-order valence-corrected chi connectivity index (χ3v) is 0.891. The van der Waals surface area contributed by atoms with Gasteiger partial charge in [0.05, 0.1) is 6.61 Å². The van der Waals surface area contributed by atoms with Crippen LogP contribution >= 0.6 is 0 Å². The maximum absolute atomic E-state index is 9.60. The van der Waals surface area contributed by atoms with Gasteiger partial charge in [0.1, 0.15) is 0 Å². The predicted octanol–water partition coefficient (Wildman–Crippen LogP) is 1.06. The summed E-state index contributed by atoms with van der Waals surface area (Å²) in [7, 11) is 0. The molecule has 0 saturated heterocycles. The smallest absolute Gasteiger partial charge is 0.404 e. The number of carboxylic acids is 2. The first kappa shape index (κ1) is 19.7. The van der Waals surface area contributed by atoms with Gasteiger partial charge in [0.2, 0.25) is 0 Å². The van der Waals surface area contributed by atoms with E-state index in [1.807, 2.05) is 0 Å². The quantitative estimate of drug-likeness (QED) is 0.673. The molecule has 0 heterocycles. The van der Waals surface area contributed by atoms with Crippen molar-refractivity contribution in [2.24, 2.45) is 5.73 Å². The van der Waals surface area contributed by atoms with Crippen LogP contribution < -0.4 is 5.73 Å². The van der Waals surface area contributed by atoms with E-state index < -0.39 is 18.0 Å². The van der Waals surface area contributed by atoms with Crippen molar-refractivity contribution >= 4 is 18.0 Å². The zero-order chi connectivity index (χ0) is 13.6. The van der Waals surface area contributed by atoms with Crippen molar-refractivity contribution in [2.75, 3.05) is 6.61 Å². The van der Waals surface area contributed by atoms with Gasteiger partial charge in [0.15, 0.2) is 0 Å². The van der Waals surface area contributed by atoms with Crippen molar-refractivity contribution in [3.8, 4) is 0 Å². The number of hydrogen-bond donors (Lipinski definition) is 3. The lowest BCUT2D eigenvalue weighted by molar-refractivity contribution is -0.137. The van der Waals surface area contributed by atoms with Crippen LogP contribution in [0, 0.1) is 0 Å². The molecule has 0 aromatic rings. The summed E-state index contributed by atoms with van der Waals surface area (Å²) in [5, 5.41) is 15.4. The first-order chi connectivity index (χ1) is 7.31. The highest BCUT2D eigenvalue weighted by molar-refractivity contribution is 5.66. The molecule has 0 aliphatic carbocycles. The molecular formula is C9H19NO6. The Balaban J connectivity index is -0.000000160. The summed E-state index contributed by atoms with van der Waals surface area (Å²) in [6, 6.07) is 0. The van der Waals surface area contributed by atoms with Gasteiger partial charge < -0.3 is 20.7 Å². The van der Waals surface area contributed by atoms with Crippen LogP contribution in [0.3, 0.4) is 0 Å². The molecular weight excluding hydrogens is 218 g/mol. The van der Waals surface area contributed by atoms with Gasteiger partial charge in [0.25, 0.3) is 0 Å². The molecule has 7 nitrogen and oxygen atoms in total. The van der Waals surface area contributed by atoms with Gasteiger partial charge in [-0.15, -0.1) is 0 Å². The van der Waals surface area contributed by atoms with Crippen LogP contribution in [0.1, 0.15) is 33.6 Å². The highest BCUT2D eigenvalue weighted by Crippen LogP contribution is 1.67. The third kappa shape index (κ3) is 56.5. The fourth-order valence-electron chi connectivity index (χ4n) is 0.142. The molecule has 1 amide bonds. The topological polar surface area (TPSA) is 127 Å². The van der Waals surface area contributed by atoms with Crippen molar-refractivity contribution in [2.45, 2.75) is 33.6 Å². The van der Waals surface area contributed by atoms with Crippen molar-refractivity contribution in [1.82, 2.24) is 0 Å². The molecule has 0 aromatic carbocycles. The average Bonchev–Trinajstić information content (AvgIpc) is 2.19. The van der Waals surface area contributed by atoms with Gasteiger partial charge in [0, 0.05) is 12.8 Å². The number of aliphatic carboxylic acids is 2. The van der Waals surface area contributed by atoms with Crippen LogP contribution in [-0.2, 0) is 14.3 Å². The molecule has 0 spiro atoms. The maximum atomic E-state index is 9.60. The molecule has 16 heavy (non-hydrogen) atoms. The molecule has 0 aliphatic heterocycles. The molecule has 0 aliphatic rings. The van der Waals surface area contributed by atoms with Crippen LogP contribution in [0.2, 0.25) is 0 Å². The minimum absolute atomic E-state index is 0.222. The summed E-state index contributed by atoms with van der Waals surface area (Å²) in [6.45, 7) is 5.25. The molecule has 0 atom stereocenters. The Kier molecular flexibility index (Phi) is 19.3. The Morgan fingerprint density at radius 2 is 1.25 bits per heavy atom. The molecule has 0 saturated carbocycles. The minimum atomic E-state index is -0.745. The van der Waals surface area contributed by atoms with Gasteiger partial charge in [-0.1, -0.05) is 13.8 Å². The largest absolute Gasteiger partial charge is 0.481 e. The van der Waals surface area contributed by atoms with E-state index in [-0.39, 0.29) is 12.8 Å². The van der Waals surface area contributed by atoms with E-state index in [0.717, 1.165) is 0 Å². The van der Waals surface area contributed by atoms with Gasteiger partial charge in [-0.25, -0.2) is 4.79 Å². The average molecular weight is 237 g/mol. The minimum Gasteiger partial charge on any atom is -0.481 e. The molecule has 96 valence electrons. The third-order valence-electron chi connectivity index (χ3n) is 0.891. The van der Waals surface area contributed by atoms with E-state index in [2.05, 4.69) is 10.5 Å². The Morgan fingerprint density at radius 3 is 1.25 bits per heavy atom. The lowest BCUT2D eigenvalue weighted by atomic mass is 10.5. The number of rotatable bonds is 3. The number of carbonyl (C=O) groups excluding carboxylic acids is 1. The number of carbonyl (C=O) groups is 3. The van der Waals surface area contributed by atoms with Gasteiger partial charge in [-0.05, 0) is 6.92 Å². The van der Waals surface area contributed by atoms with Gasteiger partial charge in [-0.2, -0.15) is 0 Å². The molecule has 0 bridgehead atoms. The van der Waals surface area contributed by atoms with Crippen molar-refractivity contribution in [3.05, 3.63) is 0 Å². The van der Waals surface area contributed by atoms with Crippen LogP contribution in [0.15, 0.2) is 0 Å². The number of carboxylic acid groups (broad SMARTS) is 2. The van der Waals surface area contributed by atoms with E-state index in [1.54, 1.807) is 20.8 Å². The summed E-state index contributed by atoms with van der Waals surface area (Å²) in [5.74, 6) is -1.49. The second-order valence-electron chi connectivity index (χ2n) is 2.25. The molecule has 0 rings (SSSR count). The molecule has 0 fully saturated rings. The summed E-state index contributed by atoms with van der Waals surface area (Å²) >= 11 is 0. The lowest BCUT2D eigenvalue weighted by Gasteiger charge is -1.89. The number of nitrogens with two attached hydrogens (primary N) is 1. The Bertz CT molecular complexity index is 190. The number of primary amides is 1. The van der Waals surface area contributed by atoms with Crippen molar-refractivity contribution in [3.63, 3.8) is 0 Å². The summed E-state index contributed by atoms with van der Waals surface area (Å²) in [4.78, 5) is 28.3. The standard InChI is InChI=1S/C3H7NO2.2C3H6O2/c1-2-6-3(4)5;2*1-2-3(4)5/h2H2,1H3,(H2,4,5);2*2H2,1H3,(H,4,5). The zero-order valence-corrected chi connectivity index (χ0v) is 9.73. The van der Waals surface area contributed by atoms with E-state index in [1.165, 1.54) is 0 Å². The Morgan fingerprint density at radius 1 is 1.00 bits per heavy atom. The van der Waals surface area contributed by atoms with E-state index in [9.17, 15) is 14.4 Å². The maximum Gasteiger partial charge on any atom is 0.404 e. The van der Waals surface area contributed by atoms with E-state index >= 15 is 0 Å². The normalized spacial score (nSPS) is 7.44. The molecule has 4 N–H and O–H groups in total. The van der Waals surface area contributed by atoms with E-state index in [0.29, 0.717) is 6.61 Å². The summed E-state index contributed by atoms with van der Waals surface area (Å²) in [5.41, 5.74) is 4.54. The van der Waals surface area contributed by atoms with Crippen LogP contribution in [0.5, 0.6) is 0 Å². The highest BCUT2D eigenvalue weighted by Gasteiger charge is 1.82.